The van der Waals surface area contributed by atoms with Gasteiger partial charge in [0, 0.05) is 0 Å². The lowest BCUT2D eigenvalue weighted by Gasteiger charge is -2.28. The van der Waals surface area contributed by atoms with Crippen molar-refractivity contribution in [3.63, 3.8) is 0 Å². The second kappa shape index (κ2) is 12.3. The highest BCUT2D eigenvalue weighted by Crippen LogP contribution is 2.37. The Morgan fingerprint density at radius 3 is 2.16 bits per heavy atom. The zero-order valence-electron chi connectivity index (χ0n) is 19.1. The molecule has 0 spiro atoms. The highest BCUT2D eigenvalue weighted by molar-refractivity contribution is 5.91. The first kappa shape index (κ1) is 23.1. The van der Waals surface area contributed by atoms with E-state index in [0.29, 0.717) is 17.2 Å². The first-order valence-corrected chi connectivity index (χ1v) is 11.8. The Kier molecular flexibility index (Phi) is 9.15. The third-order valence-corrected chi connectivity index (χ3v) is 6.41. The molecule has 0 aliphatic heterocycles. The van der Waals surface area contributed by atoms with Crippen LogP contribution >= 0.6 is 0 Å². The standard InChI is InChI=1S/C29H36O2/c1-3-5-7-9-23-11-15-25(16-12-23)26-17-19-27(20-18-26)29(30)31-28-21-13-24(14-22-28)10-8-6-4-2/h3-6,13-14,17-23,25H,7-12,15-16H2,1-2H3/b5-3+,6-4+/t23-,25-. The molecule has 2 nitrogen and oxygen atoms in total. The van der Waals surface area contributed by atoms with Crippen molar-refractivity contribution in [3.05, 3.63) is 89.5 Å². The highest BCUT2D eigenvalue weighted by Gasteiger charge is 2.22. The first-order valence-electron chi connectivity index (χ1n) is 11.8. The summed E-state index contributed by atoms with van der Waals surface area (Å²) in [5, 5.41) is 0. The number of hydrogen-bond acceptors (Lipinski definition) is 2. The molecule has 0 radical (unpaired) electrons. The van der Waals surface area contributed by atoms with Crippen molar-refractivity contribution < 1.29 is 9.53 Å². The average Bonchev–Trinajstić information content (AvgIpc) is 2.81. The Balaban J connectivity index is 1.49. The van der Waals surface area contributed by atoms with Gasteiger partial charge in [-0.1, -0.05) is 48.6 Å². The van der Waals surface area contributed by atoms with Crippen molar-refractivity contribution in [2.45, 2.75) is 71.1 Å². The minimum Gasteiger partial charge on any atom is -0.423 e. The number of rotatable bonds is 9. The van der Waals surface area contributed by atoms with Crippen molar-refractivity contribution in [2.75, 3.05) is 0 Å². The van der Waals surface area contributed by atoms with Gasteiger partial charge in [-0.25, -0.2) is 4.79 Å². The van der Waals surface area contributed by atoms with E-state index in [0.717, 1.165) is 18.8 Å². The van der Waals surface area contributed by atoms with Crippen LogP contribution in [0, 0.1) is 5.92 Å². The molecule has 1 aliphatic rings. The third kappa shape index (κ3) is 7.24. The van der Waals surface area contributed by atoms with Crippen molar-refractivity contribution in [1.82, 2.24) is 0 Å². The minimum atomic E-state index is -0.291. The maximum absolute atomic E-state index is 12.5. The summed E-state index contributed by atoms with van der Waals surface area (Å²) >= 11 is 0. The Morgan fingerprint density at radius 2 is 1.52 bits per heavy atom. The van der Waals surface area contributed by atoms with Crippen molar-refractivity contribution >= 4 is 5.97 Å². The summed E-state index contributed by atoms with van der Waals surface area (Å²) in [5.41, 5.74) is 3.22. The first-order chi connectivity index (χ1) is 15.2. The lowest BCUT2D eigenvalue weighted by molar-refractivity contribution is 0.0734. The predicted molar refractivity (Wildman–Crippen MR) is 130 cm³/mol. The molecule has 0 aromatic heterocycles. The molecule has 2 heteroatoms. The van der Waals surface area contributed by atoms with Gasteiger partial charge >= 0.3 is 5.97 Å². The second-order valence-corrected chi connectivity index (χ2v) is 8.63. The molecule has 2 aromatic rings. The van der Waals surface area contributed by atoms with Crippen LogP contribution in [0.2, 0.25) is 0 Å². The number of hydrogen-bond donors (Lipinski definition) is 0. The Labute approximate surface area is 188 Å². The SMILES string of the molecule is C/C=C/CCc1ccc(OC(=O)c2ccc([C@H]3CC[C@H](CC/C=C/C)CC3)cc2)cc1. The van der Waals surface area contributed by atoms with Gasteiger partial charge in [0.05, 0.1) is 5.56 Å². The van der Waals surface area contributed by atoms with Gasteiger partial charge in [0.1, 0.15) is 5.75 Å². The molecule has 0 heterocycles. The summed E-state index contributed by atoms with van der Waals surface area (Å²) in [5.74, 6) is 1.80. The van der Waals surface area contributed by atoms with Gasteiger partial charge in [0.15, 0.2) is 0 Å². The fourth-order valence-electron chi connectivity index (χ4n) is 4.48. The molecular weight excluding hydrogens is 380 g/mol. The van der Waals surface area contributed by atoms with Crippen LogP contribution in [0.4, 0.5) is 0 Å². The van der Waals surface area contributed by atoms with Crippen molar-refractivity contribution in [1.29, 1.82) is 0 Å². The molecule has 0 bridgehead atoms. The summed E-state index contributed by atoms with van der Waals surface area (Å²) in [7, 11) is 0. The van der Waals surface area contributed by atoms with E-state index in [1.807, 2.05) is 43.3 Å². The van der Waals surface area contributed by atoms with Gasteiger partial charge in [-0.05, 0) is 112 Å². The zero-order valence-corrected chi connectivity index (χ0v) is 19.1. The molecule has 1 saturated carbocycles. The van der Waals surface area contributed by atoms with E-state index in [-0.39, 0.29) is 5.97 Å². The number of carbonyl (C=O) groups excluding carboxylic acids is 1. The molecular formula is C29H36O2. The lowest BCUT2D eigenvalue weighted by Crippen LogP contribution is -2.14. The van der Waals surface area contributed by atoms with E-state index in [1.165, 1.54) is 49.7 Å². The lowest BCUT2D eigenvalue weighted by atomic mass is 9.77. The number of ether oxygens (including phenoxy) is 1. The van der Waals surface area contributed by atoms with Crippen LogP contribution in [0.1, 0.15) is 86.2 Å². The van der Waals surface area contributed by atoms with Gasteiger partial charge in [0.25, 0.3) is 0 Å². The molecule has 0 atom stereocenters. The maximum atomic E-state index is 12.5. The monoisotopic (exact) mass is 416 g/mol. The summed E-state index contributed by atoms with van der Waals surface area (Å²) in [6.45, 7) is 4.13. The second-order valence-electron chi connectivity index (χ2n) is 8.63. The smallest absolute Gasteiger partial charge is 0.343 e. The zero-order chi connectivity index (χ0) is 21.9. The molecule has 3 rings (SSSR count). The van der Waals surface area contributed by atoms with Crippen LogP contribution < -0.4 is 4.74 Å². The van der Waals surface area contributed by atoms with Crippen molar-refractivity contribution in [2.24, 2.45) is 5.92 Å². The van der Waals surface area contributed by atoms with Crippen LogP contribution in [-0.4, -0.2) is 5.97 Å². The normalized spacial score (nSPS) is 19.2. The molecule has 1 aliphatic carbocycles. The van der Waals surface area contributed by atoms with Gasteiger partial charge in [-0.2, -0.15) is 0 Å². The minimum absolute atomic E-state index is 0.291. The average molecular weight is 417 g/mol. The summed E-state index contributed by atoms with van der Waals surface area (Å²) in [4.78, 5) is 12.5. The van der Waals surface area contributed by atoms with Gasteiger partial charge in [-0.3, -0.25) is 0 Å². The fraction of sp³-hybridized carbons (Fsp3) is 0.414. The summed E-state index contributed by atoms with van der Waals surface area (Å²) in [6.07, 6.45) is 18.4. The van der Waals surface area contributed by atoms with E-state index in [1.54, 1.807) is 0 Å². The molecule has 0 saturated heterocycles. The largest absolute Gasteiger partial charge is 0.423 e. The number of benzene rings is 2. The quantitative estimate of drug-likeness (QED) is 0.235. The van der Waals surface area contributed by atoms with E-state index >= 15 is 0 Å². The van der Waals surface area contributed by atoms with Gasteiger partial charge < -0.3 is 4.74 Å². The molecule has 0 unspecified atom stereocenters. The van der Waals surface area contributed by atoms with Crippen LogP contribution in [0.15, 0.2) is 72.8 Å². The molecule has 31 heavy (non-hydrogen) atoms. The summed E-state index contributed by atoms with van der Waals surface area (Å²) in [6, 6.07) is 15.9. The fourth-order valence-corrected chi connectivity index (χ4v) is 4.48. The Bertz CT molecular complexity index is 851. The number of aryl methyl sites for hydroxylation is 1. The third-order valence-electron chi connectivity index (χ3n) is 6.41. The van der Waals surface area contributed by atoms with Crippen molar-refractivity contribution in [3.8, 4) is 5.75 Å². The van der Waals surface area contributed by atoms with E-state index in [9.17, 15) is 4.79 Å². The van der Waals surface area contributed by atoms with Gasteiger partial charge in [0.2, 0.25) is 0 Å². The van der Waals surface area contributed by atoms with Crippen LogP contribution in [0.5, 0.6) is 5.75 Å². The van der Waals surface area contributed by atoms with Crippen LogP contribution in [0.25, 0.3) is 0 Å². The number of allylic oxidation sites excluding steroid dienone is 4. The molecule has 1 fully saturated rings. The predicted octanol–water partition coefficient (Wildman–Crippen LogP) is 8.04. The topological polar surface area (TPSA) is 26.3 Å². The molecule has 2 aromatic carbocycles. The molecule has 0 amide bonds. The number of carbonyl (C=O) groups is 1. The highest BCUT2D eigenvalue weighted by atomic mass is 16.5. The molecule has 164 valence electrons. The number of esters is 1. The Hall–Kier alpha value is -2.61. The van der Waals surface area contributed by atoms with E-state index < -0.39 is 0 Å². The van der Waals surface area contributed by atoms with Crippen LogP contribution in [0.3, 0.4) is 0 Å². The van der Waals surface area contributed by atoms with Gasteiger partial charge in [-0.15, -0.1) is 0 Å². The molecule has 0 N–H and O–H groups in total. The van der Waals surface area contributed by atoms with E-state index in [2.05, 4.69) is 43.4 Å². The van der Waals surface area contributed by atoms with Crippen LogP contribution in [-0.2, 0) is 6.42 Å². The maximum Gasteiger partial charge on any atom is 0.343 e. The Morgan fingerprint density at radius 1 is 0.871 bits per heavy atom. The summed E-state index contributed by atoms with van der Waals surface area (Å²) < 4.78 is 5.57. The van der Waals surface area contributed by atoms with E-state index in [4.69, 9.17) is 4.74 Å².